The number of benzene rings is 1. The van der Waals surface area contributed by atoms with Gasteiger partial charge in [0.05, 0.1) is 16.3 Å². The summed E-state index contributed by atoms with van der Waals surface area (Å²) < 4.78 is 24.5. The van der Waals surface area contributed by atoms with Crippen LogP contribution >= 0.6 is 0 Å². The summed E-state index contributed by atoms with van der Waals surface area (Å²) in [6.07, 6.45) is 1.79. The Morgan fingerprint density at radius 3 is 2.18 bits per heavy atom. The second-order valence-electron chi connectivity index (χ2n) is 6.29. The van der Waals surface area contributed by atoms with Gasteiger partial charge in [-0.25, -0.2) is 8.42 Å². The lowest BCUT2D eigenvalue weighted by Gasteiger charge is -2.12. The molecule has 2 rings (SSSR count). The monoisotopic (exact) mass is 317 g/mol. The summed E-state index contributed by atoms with van der Waals surface area (Å²) in [4.78, 5) is 4.84. The van der Waals surface area contributed by atoms with Gasteiger partial charge in [-0.2, -0.15) is 0 Å². The Kier molecular flexibility index (Phi) is 5.01. The second-order valence-corrected chi connectivity index (χ2v) is 8.32. The van der Waals surface area contributed by atoms with Crippen LogP contribution < -0.4 is 0 Å². The van der Waals surface area contributed by atoms with Gasteiger partial charge < -0.3 is 0 Å². The van der Waals surface area contributed by atoms with Gasteiger partial charge in [-0.1, -0.05) is 45.9 Å². The zero-order valence-corrected chi connectivity index (χ0v) is 14.4. The number of pyridine rings is 1. The molecule has 0 radical (unpaired) electrons. The van der Waals surface area contributed by atoms with Gasteiger partial charge in [0, 0.05) is 11.8 Å². The molecule has 0 aliphatic rings. The van der Waals surface area contributed by atoms with Crippen LogP contribution in [-0.2, 0) is 9.84 Å². The minimum Gasteiger partial charge on any atom is -0.260 e. The average Bonchev–Trinajstić information content (AvgIpc) is 2.46. The van der Waals surface area contributed by atoms with Gasteiger partial charge in [0.2, 0.25) is 0 Å². The smallest absolute Gasteiger partial charge is 0.178 e. The summed E-state index contributed by atoms with van der Waals surface area (Å²) in [7, 11) is -3.20. The quantitative estimate of drug-likeness (QED) is 0.826. The molecule has 0 aliphatic carbocycles. The van der Waals surface area contributed by atoms with E-state index in [0.717, 1.165) is 16.8 Å². The standard InChI is InChI=1S/C18H23NO2S/c1-13(2)12-22(20,21)16-9-7-15(8-10-16)17-6-5-11-19-18(17)14(3)4/h5-11,13-14H,12H2,1-4H3. The highest BCUT2D eigenvalue weighted by Gasteiger charge is 2.17. The van der Waals surface area contributed by atoms with Crippen molar-refractivity contribution in [3.05, 3.63) is 48.3 Å². The van der Waals surface area contributed by atoms with E-state index in [0.29, 0.717) is 10.8 Å². The van der Waals surface area contributed by atoms with E-state index in [2.05, 4.69) is 18.8 Å². The third kappa shape index (κ3) is 3.74. The van der Waals surface area contributed by atoms with Crippen LogP contribution in [0.1, 0.15) is 39.3 Å². The van der Waals surface area contributed by atoms with E-state index in [-0.39, 0.29) is 11.7 Å². The minimum atomic E-state index is -3.20. The SMILES string of the molecule is CC(C)CS(=O)(=O)c1ccc(-c2cccnc2C(C)C)cc1. The van der Waals surface area contributed by atoms with Crippen molar-refractivity contribution in [2.45, 2.75) is 38.5 Å². The van der Waals surface area contributed by atoms with Crippen LogP contribution in [0.4, 0.5) is 0 Å². The molecule has 0 saturated heterocycles. The lowest BCUT2D eigenvalue weighted by Crippen LogP contribution is -2.11. The van der Waals surface area contributed by atoms with E-state index in [1.807, 2.05) is 38.1 Å². The molecule has 1 heterocycles. The first-order valence-electron chi connectivity index (χ1n) is 7.59. The molecule has 0 unspecified atom stereocenters. The normalized spacial score (nSPS) is 12.1. The van der Waals surface area contributed by atoms with E-state index in [9.17, 15) is 8.42 Å². The van der Waals surface area contributed by atoms with Gasteiger partial charge in [0.25, 0.3) is 0 Å². The summed E-state index contributed by atoms with van der Waals surface area (Å²) >= 11 is 0. The first-order chi connectivity index (χ1) is 10.3. The van der Waals surface area contributed by atoms with Crippen molar-refractivity contribution in [3.8, 4) is 11.1 Å². The molecule has 0 atom stereocenters. The van der Waals surface area contributed by atoms with E-state index < -0.39 is 9.84 Å². The molecule has 0 amide bonds. The molecule has 0 spiro atoms. The first kappa shape index (κ1) is 16.7. The van der Waals surface area contributed by atoms with Crippen LogP contribution in [0, 0.1) is 5.92 Å². The maximum absolute atomic E-state index is 12.3. The summed E-state index contributed by atoms with van der Waals surface area (Å²) in [6.45, 7) is 8.04. The van der Waals surface area contributed by atoms with Gasteiger partial charge in [-0.05, 0) is 35.6 Å². The molecular weight excluding hydrogens is 294 g/mol. The summed E-state index contributed by atoms with van der Waals surface area (Å²) in [6, 6.07) is 11.1. The highest BCUT2D eigenvalue weighted by atomic mass is 32.2. The Bertz CT molecular complexity index is 732. The minimum absolute atomic E-state index is 0.121. The first-order valence-corrected chi connectivity index (χ1v) is 9.24. The van der Waals surface area contributed by atoms with E-state index >= 15 is 0 Å². The van der Waals surface area contributed by atoms with Crippen LogP contribution in [0.5, 0.6) is 0 Å². The fourth-order valence-electron chi connectivity index (χ4n) is 2.50. The van der Waals surface area contributed by atoms with Crippen molar-refractivity contribution in [3.63, 3.8) is 0 Å². The van der Waals surface area contributed by atoms with Crippen LogP contribution in [0.25, 0.3) is 11.1 Å². The summed E-state index contributed by atoms with van der Waals surface area (Å²) in [5.74, 6) is 0.618. The topological polar surface area (TPSA) is 47.0 Å². The van der Waals surface area contributed by atoms with E-state index in [4.69, 9.17) is 0 Å². The lowest BCUT2D eigenvalue weighted by molar-refractivity contribution is 0.582. The molecule has 1 aromatic heterocycles. The number of aromatic nitrogens is 1. The Morgan fingerprint density at radius 1 is 1.00 bits per heavy atom. The van der Waals surface area contributed by atoms with Gasteiger partial charge >= 0.3 is 0 Å². The highest BCUT2D eigenvalue weighted by Crippen LogP contribution is 2.28. The van der Waals surface area contributed by atoms with Gasteiger partial charge in [-0.15, -0.1) is 0 Å². The average molecular weight is 317 g/mol. The fraction of sp³-hybridized carbons (Fsp3) is 0.389. The highest BCUT2D eigenvalue weighted by molar-refractivity contribution is 7.91. The maximum atomic E-state index is 12.3. The largest absolute Gasteiger partial charge is 0.260 e. The Labute approximate surface area is 133 Å². The van der Waals surface area contributed by atoms with Crippen molar-refractivity contribution in [1.29, 1.82) is 0 Å². The predicted octanol–water partition coefficient (Wildman–Crippen LogP) is 4.30. The molecule has 3 nitrogen and oxygen atoms in total. The van der Waals surface area contributed by atoms with E-state index in [1.165, 1.54) is 0 Å². The predicted molar refractivity (Wildman–Crippen MR) is 90.7 cm³/mol. The summed E-state index contributed by atoms with van der Waals surface area (Å²) in [5, 5.41) is 0. The number of hydrogen-bond donors (Lipinski definition) is 0. The molecular formula is C18H23NO2S. The molecule has 0 saturated carbocycles. The van der Waals surface area contributed by atoms with Crippen LogP contribution in [0.3, 0.4) is 0 Å². The summed E-state index contributed by atoms with van der Waals surface area (Å²) in [5.41, 5.74) is 3.09. The molecule has 4 heteroatoms. The third-order valence-corrected chi connectivity index (χ3v) is 5.56. The number of nitrogens with zero attached hydrogens (tertiary/aromatic N) is 1. The van der Waals surface area contributed by atoms with Gasteiger partial charge in [-0.3, -0.25) is 4.98 Å². The van der Waals surface area contributed by atoms with Crippen LogP contribution in [0.2, 0.25) is 0 Å². The number of rotatable bonds is 5. The molecule has 1 aromatic carbocycles. The fourth-order valence-corrected chi connectivity index (χ4v) is 4.12. The van der Waals surface area contributed by atoms with Crippen molar-refractivity contribution in [2.75, 3.05) is 5.75 Å². The molecule has 118 valence electrons. The Hall–Kier alpha value is -1.68. The van der Waals surface area contributed by atoms with E-state index in [1.54, 1.807) is 18.3 Å². The molecule has 0 fully saturated rings. The Morgan fingerprint density at radius 2 is 1.64 bits per heavy atom. The molecule has 0 bridgehead atoms. The van der Waals surface area contributed by atoms with Crippen molar-refractivity contribution >= 4 is 9.84 Å². The number of hydrogen-bond acceptors (Lipinski definition) is 3. The van der Waals surface area contributed by atoms with Crippen molar-refractivity contribution in [2.24, 2.45) is 5.92 Å². The molecule has 22 heavy (non-hydrogen) atoms. The van der Waals surface area contributed by atoms with Gasteiger partial charge in [0.15, 0.2) is 9.84 Å². The van der Waals surface area contributed by atoms with Crippen molar-refractivity contribution < 1.29 is 8.42 Å². The van der Waals surface area contributed by atoms with Crippen molar-refractivity contribution in [1.82, 2.24) is 4.98 Å². The zero-order chi connectivity index (χ0) is 16.3. The Balaban J connectivity index is 2.38. The zero-order valence-electron chi connectivity index (χ0n) is 13.6. The third-order valence-electron chi connectivity index (χ3n) is 3.46. The number of sulfone groups is 1. The van der Waals surface area contributed by atoms with Crippen LogP contribution in [-0.4, -0.2) is 19.2 Å². The maximum Gasteiger partial charge on any atom is 0.178 e. The molecule has 0 aliphatic heterocycles. The molecule has 0 N–H and O–H groups in total. The van der Waals surface area contributed by atoms with Crippen LogP contribution in [0.15, 0.2) is 47.5 Å². The second kappa shape index (κ2) is 6.61. The lowest BCUT2D eigenvalue weighted by atomic mass is 9.98. The molecule has 2 aromatic rings. The van der Waals surface area contributed by atoms with Gasteiger partial charge in [0.1, 0.15) is 0 Å².